The summed E-state index contributed by atoms with van der Waals surface area (Å²) in [6.45, 7) is 1.95. The maximum atomic E-state index is 9.16. The standard InChI is InChI=1S/C10H12.C9H11NO.CH3NO/c1-2-6-10-8-4-3-7-9(10)5-1;11-9-2-1-7-3-4-10-6-8(7)5-9;2-1-3/h1-2,5-6H,3-4,7-8H2;1-2,5,10-11H,3-4,6H2;1H,(H2,2,3). The molecule has 0 unspecified atom stereocenters. The van der Waals surface area contributed by atoms with Crippen LogP contribution in [0.3, 0.4) is 0 Å². The molecule has 4 rings (SSSR count). The molecule has 2 aliphatic rings. The normalized spacial score (nSPS) is 14.7. The molecule has 0 bridgehead atoms. The monoisotopic (exact) mass is 326 g/mol. The van der Waals surface area contributed by atoms with E-state index in [0.717, 1.165) is 19.5 Å². The Kier molecular flexibility index (Phi) is 7.30. The zero-order valence-electron chi connectivity index (χ0n) is 14.0. The van der Waals surface area contributed by atoms with Crippen LogP contribution in [0, 0.1) is 0 Å². The van der Waals surface area contributed by atoms with Gasteiger partial charge in [0.25, 0.3) is 0 Å². The Balaban J connectivity index is 0.000000150. The number of hydrogen-bond donors (Lipinski definition) is 3. The number of benzene rings is 2. The van der Waals surface area contributed by atoms with E-state index in [0.29, 0.717) is 5.75 Å². The second-order valence-electron chi connectivity index (χ2n) is 5.99. The summed E-state index contributed by atoms with van der Waals surface area (Å²) in [6, 6.07) is 14.4. The molecule has 1 aliphatic heterocycles. The van der Waals surface area contributed by atoms with Gasteiger partial charge in [0, 0.05) is 6.54 Å². The van der Waals surface area contributed by atoms with Crippen LogP contribution < -0.4 is 11.1 Å². The SMILES string of the molecule is NC=O.Oc1ccc2c(c1)CNCC2.c1ccc2c(c1)CCCC2. The number of nitrogens with two attached hydrogens (primary N) is 1. The van der Waals surface area contributed by atoms with Gasteiger partial charge in [0.05, 0.1) is 0 Å². The molecule has 1 amide bonds. The van der Waals surface area contributed by atoms with Crippen LogP contribution in [0.4, 0.5) is 0 Å². The van der Waals surface area contributed by atoms with Crippen LogP contribution >= 0.6 is 0 Å². The van der Waals surface area contributed by atoms with Gasteiger partial charge in [-0.2, -0.15) is 0 Å². The first-order valence-electron chi connectivity index (χ1n) is 8.48. The van der Waals surface area contributed by atoms with Crippen LogP contribution in [0.25, 0.3) is 0 Å². The predicted octanol–water partition coefficient (Wildman–Crippen LogP) is 2.70. The van der Waals surface area contributed by atoms with Crippen LogP contribution in [0.5, 0.6) is 5.75 Å². The topological polar surface area (TPSA) is 75.4 Å². The summed E-state index contributed by atoms with van der Waals surface area (Å²) in [4.78, 5) is 8.58. The number of phenols is 1. The number of rotatable bonds is 0. The van der Waals surface area contributed by atoms with E-state index in [4.69, 9.17) is 9.90 Å². The Labute approximate surface area is 143 Å². The minimum atomic E-state index is 0.250. The van der Waals surface area contributed by atoms with Gasteiger partial charge in [0.1, 0.15) is 5.75 Å². The molecule has 0 fully saturated rings. The Morgan fingerprint density at radius 2 is 1.50 bits per heavy atom. The first kappa shape index (κ1) is 18.0. The van der Waals surface area contributed by atoms with Gasteiger partial charge in [-0.15, -0.1) is 0 Å². The highest BCUT2D eigenvalue weighted by molar-refractivity contribution is 5.42. The molecule has 128 valence electrons. The van der Waals surface area contributed by atoms with Crippen LogP contribution in [0.2, 0.25) is 0 Å². The summed E-state index contributed by atoms with van der Waals surface area (Å²) >= 11 is 0. The summed E-state index contributed by atoms with van der Waals surface area (Å²) in [7, 11) is 0. The second-order valence-corrected chi connectivity index (χ2v) is 5.99. The molecule has 1 heterocycles. The Morgan fingerprint density at radius 3 is 2.12 bits per heavy atom. The zero-order chi connectivity index (χ0) is 17.2. The number of nitrogens with one attached hydrogen (secondary N) is 1. The van der Waals surface area contributed by atoms with Crippen molar-refractivity contribution in [3.63, 3.8) is 0 Å². The number of primary amides is 1. The van der Waals surface area contributed by atoms with E-state index in [1.54, 1.807) is 17.2 Å². The predicted molar refractivity (Wildman–Crippen MR) is 96.9 cm³/mol. The molecule has 0 radical (unpaired) electrons. The number of phenolic OH excluding ortho intramolecular Hbond substituents is 1. The molecule has 4 heteroatoms. The van der Waals surface area contributed by atoms with E-state index in [2.05, 4.69) is 35.3 Å². The molecule has 0 saturated carbocycles. The summed E-state index contributed by atoms with van der Waals surface area (Å²) < 4.78 is 0. The van der Waals surface area contributed by atoms with Crippen molar-refractivity contribution in [2.75, 3.05) is 6.54 Å². The Hall–Kier alpha value is -2.33. The molecule has 4 nitrogen and oxygen atoms in total. The third-order valence-electron chi connectivity index (χ3n) is 4.34. The number of carbonyl (C=O) groups is 1. The maximum absolute atomic E-state index is 9.16. The first-order valence-corrected chi connectivity index (χ1v) is 8.48. The van der Waals surface area contributed by atoms with Gasteiger partial charge in [0.2, 0.25) is 6.41 Å². The van der Waals surface area contributed by atoms with Gasteiger partial charge in [-0.3, -0.25) is 4.79 Å². The second kappa shape index (κ2) is 9.73. The van der Waals surface area contributed by atoms with Gasteiger partial charge in [-0.25, -0.2) is 0 Å². The minimum absolute atomic E-state index is 0.250. The lowest BCUT2D eigenvalue weighted by atomic mass is 9.92. The molecule has 0 saturated heterocycles. The van der Waals surface area contributed by atoms with Crippen molar-refractivity contribution < 1.29 is 9.90 Å². The van der Waals surface area contributed by atoms with Crippen molar-refractivity contribution in [3.05, 3.63) is 64.7 Å². The lowest BCUT2D eigenvalue weighted by Gasteiger charge is -2.16. The largest absolute Gasteiger partial charge is 0.508 e. The van der Waals surface area contributed by atoms with Gasteiger partial charge >= 0.3 is 0 Å². The highest BCUT2D eigenvalue weighted by atomic mass is 16.3. The Bertz CT molecular complexity index is 631. The van der Waals surface area contributed by atoms with Crippen molar-refractivity contribution >= 4 is 6.41 Å². The molecule has 24 heavy (non-hydrogen) atoms. The lowest BCUT2D eigenvalue weighted by molar-refractivity contribution is -0.106. The summed E-state index contributed by atoms with van der Waals surface area (Å²) in [5, 5.41) is 12.4. The third-order valence-corrected chi connectivity index (χ3v) is 4.34. The van der Waals surface area contributed by atoms with E-state index < -0.39 is 0 Å². The first-order chi connectivity index (χ1) is 11.7. The smallest absolute Gasteiger partial charge is 0.204 e. The number of aryl methyl sites for hydroxylation is 2. The third kappa shape index (κ3) is 5.39. The van der Waals surface area contributed by atoms with Crippen LogP contribution in [0.15, 0.2) is 42.5 Å². The van der Waals surface area contributed by atoms with Gasteiger partial charge in [0.15, 0.2) is 0 Å². The van der Waals surface area contributed by atoms with Crippen LogP contribution in [-0.4, -0.2) is 18.1 Å². The molecule has 2 aromatic rings. The van der Waals surface area contributed by atoms with Crippen molar-refractivity contribution in [2.24, 2.45) is 5.73 Å². The summed E-state index contributed by atoms with van der Waals surface area (Å²) in [5.41, 5.74) is 9.92. The number of fused-ring (bicyclic) bond motifs is 2. The van der Waals surface area contributed by atoms with Crippen molar-refractivity contribution in [1.29, 1.82) is 0 Å². The number of carbonyl (C=O) groups excluding carboxylic acids is 1. The molecular formula is C20H26N2O2. The van der Waals surface area contributed by atoms with Gasteiger partial charge < -0.3 is 16.2 Å². The highest BCUT2D eigenvalue weighted by Gasteiger charge is 2.07. The highest BCUT2D eigenvalue weighted by Crippen LogP contribution is 2.20. The fourth-order valence-electron chi connectivity index (χ4n) is 3.14. The number of amides is 1. The van der Waals surface area contributed by atoms with E-state index in [-0.39, 0.29) is 6.41 Å². The van der Waals surface area contributed by atoms with Crippen LogP contribution in [0.1, 0.15) is 35.1 Å². The van der Waals surface area contributed by atoms with E-state index in [9.17, 15) is 0 Å². The molecule has 0 atom stereocenters. The van der Waals surface area contributed by atoms with E-state index in [1.807, 2.05) is 12.1 Å². The molecule has 0 spiro atoms. The quantitative estimate of drug-likeness (QED) is 0.652. The van der Waals surface area contributed by atoms with Crippen molar-refractivity contribution in [1.82, 2.24) is 5.32 Å². The van der Waals surface area contributed by atoms with Crippen molar-refractivity contribution in [2.45, 2.75) is 38.6 Å². The molecule has 2 aromatic carbocycles. The van der Waals surface area contributed by atoms with E-state index >= 15 is 0 Å². The lowest BCUT2D eigenvalue weighted by Crippen LogP contribution is -2.23. The number of hydrogen-bond acceptors (Lipinski definition) is 3. The summed E-state index contributed by atoms with van der Waals surface area (Å²) in [5.74, 6) is 0.368. The molecular weight excluding hydrogens is 300 g/mol. The fourth-order valence-corrected chi connectivity index (χ4v) is 3.14. The van der Waals surface area contributed by atoms with Gasteiger partial charge in [-0.1, -0.05) is 30.3 Å². The average Bonchev–Trinajstić information content (AvgIpc) is 2.63. The maximum Gasteiger partial charge on any atom is 0.204 e. The average molecular weight is 326 g/mol. The Morgan fingerprint density at radius 1 is 0.917 bits per heavy atom. The zero-order valence-corrected chi connectivity index (χ0v) is 14.0. The molecule has 0 aromatic heterocycles. The minimum Gasteiger partial charge on any atom is -0.508 e. The molecule has 1 aliphatic carbocycles. The van der Waals surface area contributed by atoms with E-state index in [1.165, 1.54) is 36.8 Å². The van der Waals surface area contributed by atoms with Crippen LogP contribution in [-0.2, 0) is 30.6 Å². The molecule has 4 N–H and O–H groups in total. The van der Waals surface area contributed by atoms with Crippen molar-refractivity contribution in [3.8, 4) is 5.75 Å². The number of aromatic hydroxyl groups is 1. The van der Waals surface area contributed by atoms with Gasteiger partial charge in [-0.05, 0) is 73.0 Å². The fraction of sp³-hybridized carbons (Fsp3) is 0.350. The summed E-state index contributed by atoms with van der Waals surface area (Å²) in [6.07, 6.45) is 6.70.